The van der Waals surface area contributed by atoms with Crippen molar-refractivity contribution in [2.75, 3.05) is 6.54 Å². The van der Waals surface area contributed by atoms with Crippen LogP contribution < -0.4 is 16.4 Å². The first kappa shape index (κ1) is 25.8. The number of amides is 3. The second-order valence-corrected chi connectivity index (χ2v) is 7.62. The Morgan fingerprint density at radius 1 is 0.968 bits per heavy atom. The Balaban J connectivity index is 2.98. The van der Waals surface area contributed by atoms with E-state index in [1.165, 1.54) is 0 Å². The number of hydrogen-bond donors (Lipinski definition) is 6. The molecule has 1 aliphatic heterocycles. The Morgan fingerprint density at radius 2 is 1.52 bits per heavy atom. The fourth-order valence-corrected chi connectivity index (χ4v) is 3.09. The van der Waals surface area contributed by atoms with Crippen LogP contribution in [0.3, 0.4) is 0 Å². The summed E-state index contributed by atoms with van der Waals surface area (Å²) in [6, 6.07) is -5.28. The van der Waals surface area contributed by atoms with Crippen molar-refractivity contribution in [2.24, 2.45) is 11.7 Å². The van der Waals surface area contributed by atoms with E-state index in [9.17, 15) is 28.8 Å². The largest absolute Gasteiger partial charge is 0.481 e. The van der Waals surface area contributed by atoms with Crippen molar-refractivity contribution in [3.05, 3.63) is 0 Å². The van der Waals surface area contributed by atoms with Gasteiger partial charge in [0.2, 0.25) is 17.7 Å². The van der Waals surface area contributed by atoms with E-state index in [1.54, 1.807) is 13.8 Å². The van der Waals surface area contributed by atoms with Gasteiger partial charge in [0.05, 0.1) is 18.9 Å². The maximum absolute atomic E-state index is 12.9. The zero-order valence-corrected chi connectivity index (χ0v) is 17.2. The summed E-state index contributed by atoms with van der Waals surface area (Å²) in [5.74, 6) is -7.03. The molecular weight excluding hydrogens is 416 g/mol. The zero-order valence-electron chi connectivity index (χ0n) is 17.2. The fourth-order valence-electron chi connectivity index (χ4n) is 3.09. The van der Waals surface area contributed by atoms with Crippen LogP contribution in [-0.2, 0) is 28.8 Å². The first-order valence-corrected chi connectivity index (χ1v) is 9.68. The first-order chi connectivity index (χ1) is 14.3. The monoisotopic (exact) mass is 444 g/mol. The summed E-state index contributed by atoms with van der Waals surface area (Å²) in [4.78, 5) is 72.0. The summed E-state index contributed by atoms with van der Waals surface area (Å²) in [6.45, 7) is 3.43. The minimum Gasteiger partial charge on any atom is -0.481 e. The van der Waals surface area contributed by atoms with Crippen molar-refractivity contribution < 1.29 is 44.1 Å². The maximum Gasteiger partial charge on any atom is 0.326 e. The smallest absolute Gasteiger partial charge is 0.326 e. The Hall–Kier alpha value is -3.22. The molecule has 4 atom stereocenters. The number of carboxylic acid groups (broad SMARTS) is 3. The van der Waals surface area contributed by atoms with Gasteiger partial charge < -0.3 is 36.6 Å². The molecule has 3 amide bonds. The van der Waals surface area contributed by atoms with Crippen LogP contribution in [0.2, 0.25) is 0 Å². The minimum atomic E-state index is -1.69. The molecule has 1 fully saturated rings. The van der Waals surface area contributed by atoms with E-state index in [4.69, 9.17) is 21.1 Å². The van der Waals surface area contributed by atoms with Gasteiger partial charge in [-0.15, -0.1) is 0 Å². The molecule has 174 valence electrons. The third-order valence-electron chi connectivity index (χ3n) is 4.85. The van der Waals surface area contributed by atoms with E-state index >= 15 is 0 Å². The SMILES string of the molecule is CC(C)C(N)C(=O)NC(CC(=O)O)C(=O)N1CCCC1C(=O)NC(CC(=O)O)C(=O)O. The van der Waals surface area contributed by atoms with Crippen molar-refractivity contribution >= 4 is 35.6 Å². The molecule has 1 saturated heterocycles. The van der Waals surface area contributed by atoms with E-state index in [0.717, 1.165) is 4.90 Å². The molecule has 0 aliphatic carbocycles. The summed E-state index contributed by atoms with van der Waals surface area (Å²) >= 11 is 0. The topological polar surface area (TPSA) is 216 Å². The number of nitrogens with two attached hydrogens (primary N) is 1. The predicted octanol–water partition coefficient (Wildman–Crippen LogP) is -2.04. The molecule has 0 radical (unpaired) electrons. The predicted molar refractivity (Wildman–Crippen MR) is 104 cm³/mol. The second-order valence-electron chi connectivity index (χ2n) is 7.62. The molecule has 1 rings (SSSR count). The van der Waals surface area contributed by atoms with Crippen LogP contribution in [0.4, 0.5) is 0 Å². The van der Waals surface area contributed by atoms with Gasteiger partial charge >= 0.3 is 17.9 Å². The number of carbonyl (C=O) groups is 6. The highest BCUT2D eigenvalue weighted by Crippen LogP contribution is 2.20. The van der Waals surface area contributed by atoms with Crippen molar-refractivity contribution in [1.82, 2.24) is 15.5 Å². The van der Waals surface area contributed by atoms with Crippen molar-refractivity contribution in [3.8, 4) is 0 Å². The van der Waals surface area contributed by atoms with Gasteiger partial charge in [-0.1, -0.05) is 13.8 Å². The average molecular weight is 444 g/mol. The van der Waals surface area contributed by atoms with Crippen LogP contribution in [-0.4, -0.2) is 86.6 Å². The molecular formula is C18H28N4O9. The number of rotatable bonds is 11. The van der Waals surface area contributed by atoms with Crippen LogP contribution in [0.1, 0.15) is 39.5 Å². The normalized spacial score (nSPS) is 18.7. The Kier molecular flexibility index (Phi) is 9.37. The van der Waals surface area contributed by atoms with Crippen LogP contribution in [0.25, 0.3) is 0 Å². The molecule has 31 heavy (non-hydrogen) atoms. The Morgan fingerprint density at radius 3 is 2.00 bits per heavy atom. The quantitative estimate of drug-likeness (QED) is 0.205. The van der Waals surface area contributed by atoms with Crippen molar-refractivity contribution in [3.63, 3.8) is 0 Å². The van der Waals surface area contributed by atoms with E-state index in [0.29, 0.717) is 6.42 Å². The number of nitrogens with one attached hydrogen (secondary N) is 2. The highest BCUT2D eigenvalue weighted by Gasteiger charge is 2.40. The molecule has 4 unspecified atom stereocenters. The van der Waals surface area contributed by atoms with Gasteiger partial charge in [-0.05, 0) is 18.8 Å². The maximum atomic E-state index is 12.9. The summed E-state index contributed by atoms with van der Waals surface area (Å²) in [5, 5.41) is 31.4. The fraction of sp³-hybridized carbons (Fsp3) is 0.667. The van der Waals surface area contributed by atoms with E-state index in [1.807, 2.05) is 0 Å². The summed E-state index contributed by atoms with van der Waals surface area (Å²) in [6.07, 6.45) is -1.06. The zero-order chi connectivity index (χ0) is 23.9. The van der Waals surface area contributed by atoms with Gasteiger partial charge in [0.15, 0.2) is 0 Å². The van der Waals surface area contributed by atoms with Crippen LogP contribution >= 0.6 is 0 Å². The average Bonchev–Trinajstić information content (AvgIpc) is 3.14. The standard InChI is InChI=1S/C18H28N4O9/c1-8(2)14(19)16(28)20-9(6-12(23)24)17(29)22-5-3-4-11(22)15(27)21-10(18(30)31)7-13(25)26/h8-11,14H,3-7,19H2,1-2H3,(H,20,28)(H,21,27)(H,23,24)(H,25,26)(H,30,31). The number of hydrogen-bond acceptors (Lipinski definition) is 7. The van der Waals surface area contributed by atoms with Gasteiger partial charge in [0.1, 0.15) is 18.1 Å². The number of nitrogens with zero attached hydrogens (tertiary/aromatic N) is 1. The molecule has 13 heteroatoms. The molecule has 0 aromatic carbocycles. The second kappa shape index (κ2) is 11.2. The molecule has 0 aromatic heterocycles. The summed E-state index contributed by atoms with van der Waals surface area (Å²) in [5.41, 5.74) is 5.74. The number of carbonyl (C=O) groups excluding carboxylic acids is 3. The van der Waals surface area contributed by atoms with E-state index < -0.39 is 72.6 Å². The van der Waals surface area contributed by atoms with Crippen LogP contribution in [0, 0.1) is 5.92 Å². The number of likely N-dealkylation sites (tertiary alicyclic amines) is 1. The highest BCUT2D eigenvalue weighted by molar-refractivity contribution is 5.96. The molecule has 0 spiro atoms. The molecule has 1 heterocycles. The van der Waals surface area contributed by atoms with Crippen molar-refractivity contribution in [2.45, 2.75) is 63.7 Å². The number of carboxylic acids is 3. The van der Waals surface area contributed by atoms with Gasteiger partial charge in [0, 0.05) is 6.54 Å². The van der Waals surface area contributed by atoms with Gasteiger partial charge in [-0.3, -0.25) is 24.0 Å². The van der Waals surface area contributed by atoms with Gasteiger partial charge in [-0.2, -0.15) is 0 Å². The third-order valence-corrected chi connectivity index (χ3v) is 4.85. The van der Waals surface area contributed by atoms with E-state index in [-0.39, 0.29) is 18.9 Å². The molecule has 13 nitrogen and oxygen atoms in total. The lowest BCUT2D eigenvalue weighted by Gasteiger charge is -2.29. The lowest BCUT2D eigenvalue weighted by Crippen LogP contribution is -2.57. The highest BCUT2D eigenvalue weighted by atomic mass is 16.4. The van der Waals surface area contributed by atoms with Crippen LogP contribution in [0.5, 0.6) is 0 Å². The van der Waals surface area contributed by atoms with Gasteiger partial charge in [-0.25, -0.2) is 4.79 Å². The summed E-state index contributed by atoms with van der Waals surface area (Å²) in [7, 11) is 0. The van der Waals surface area contributed by atoms with Crippen LogP contribution in [0.15, 0.2) is 0 Å². The third kappa shape index (κ3) is 7.51. The Bertz CT molecular complexity index is 740. The number of aliphatic carboxylic acids is 3. The molecule has 0 bridgehead atoms. The lowest BCUT2D eigenvalue weighted by atomic mass is 10.0. The van der Waals surface area contributed by atoms with E-state index in [2.05, 4.69) is 10.6 Å². The molecule has 1 aliphatic rings. The van der Waals surface area contributed by atoms with Gasteiger partial charge in [0.25, 0.3) is 0 Å². The molecule has 7 N–H and O–H groups in total. The lowest BCUT2D eigenvalue weighted by molar-refractivity contribution is -0.149. The Labute approximate surface area is 177 Å². The minimum absolute atomic E-state index is 0.0792. The first-order valence-electron chi connectivity index (χ1n) is 9.68. The molecule has 0 aromatic rings. The molecule has 0 saturated carbocycles. The van der Waals surface area contributed by atoms with Crippen molar-refractivity contribution in [1.29, 1.82) is 0 Å². The summed E-state index contributed by atoms with van der Waals surface area (Å²) < 4.78 is 0.